The molecular weight excluding hydrogens is 312 g/mol. The first-order valence-corrected chi connectivity index (χ1v) is 7.73. The molecule has 0 radical (unpaired) electrons. The molecule has 0 aliphatic carbocycles. The van der Waals surface area contributed by atoms with Gasteiger partial charge < -0.3 is 10.6 Å². The predicted molar refractivity (Wildman–Crippen MR) is 93.5 cm³/mol. The number of carbonyl (C=O) groups is 1. The second kappa shape index (κ2) is 6.54. The SMILES string of the molecule is Cc1cc(C)c(Nc2nccc(C(=O)NC(C)(C)C)n2)c(Cl)c1. The number of nitrogens with one attached hydrogen (secondary N) is 2. The van der Waals surface area contributed by atoms with E-state index in [2.05, 4.69) is 20.6 Å². The average molecular weight is 333 g/mol. The Labute approximate surface area is 141 Å². The van der Waals surface area contributed by atoms with Gasteiger partial charge in [0.05, 0.1) is 10.7 Å². The van der Waals surface area contributed by atoms with Gasteiger partial charge in [0.2, 0.25) is 5.95 Å². The number of amides is 1. The van der Waals surface area contributed by atoms with Gasteiger partial charge >= 0.3 is 0 Å². The van der Waals surface area contributed by atoms with Crippen LogP contribution in [0.1, 0.15) is 42.4 Å². The Bertz CT molecular complexity index is 715. The second-order valence-electron chi connectivity index (χ2n) is 6.53. The lowest BCUT2D eigenvalue weighted by atomic mass is 10.1. The Morgan fingerprint density at radius 3 is 2.52 bits per heavy atom. The summed E-state index contributed by atoms with van der Waals surface area (Å²) in [5.74, 6) is 0.0927. The number of nitrogens with zero attached hydrogens (tertiary/aromatic N) is 2. The van der Waals surface area contributed by atoms with Gasteiger partial charge in [-0.3, -0.25) is 4.79 Å². The quantitative estimate of drug-likeness (QED) is 0.890. The topological polar surface area (TPSA) is 66.9 Å². The minimum Gasteiger partial charge on any atom is -0.346 e. The van der Waals surface area contributed by atoms with Gasteiger partial charge in [-0.1, -0.05) is 17.7 Å². The first-order chi connectivity index (χ1) is 10.7. The molecule has 6 heteroatoms. The molecule has 0 unspecified atom stereocenters. The highest BCUT2D eigenvalue weighted by Crippen LogP contribution is 2.29. The van der Waals surface area contributed by atoms with Crippen molar-refractivity contribution >= 4 is 29.1 Å². The Kier molecular flexibility index (Phi) is 4.90. The van der Waals surface area contributed by atoms with Gasteiger partial charge in [0.15, 0.2) is 0 Å². The van der Waals surface area contributed by atoms with E-state index < -0.39 is 0 Å². The summed E-state index contributed by atoms with van der Waals surface area (Å²) in [6.45, 7) is 9.69. The summed E-state index contributed by atoms with van der Waals surface area (Å²) in [7, 11) is 0. The van der Waals surface area contributed by atoms with Gasteiger partial charge in [0, 0.05) is 11.7 Å². The van der Waals surface area contributed by atoms with Crippen LogP contribution in [0, 0.1) is 13.8 Å². The number of carbonyl (C=O) groups excluding carboxylic acids is 1. The van der Waals surface area contributed by atoms with E-state index in [1.54, 1.807) is 12.3 Å². The fourth-order valence-corrected chi connectivity index (χ4v) is 2.50. The number of rotatable bonds is 3. The van der Waals surface area contributed by atoms with Crippen LogP contribution in [0.5, 0.6) is 0 Å². The molecule has 0 saturated carbocycles. The summed E-state index contributed by atoms with van der Waals surface area (Å²) in [6.07, 6.45) is 1.55. The van der Waals surface area contributed by atoms with Crippen molar-refractivity contribution in [2.75, 3.05) is 5.32 Å². The highest BCUT2D eigenvalue weighted by Gasteiger charge is 2.17. The normalized spacial score (nSPS) is 11.2. The number of hydrogen-bond donors (Lipinski definition) is 2. The van der Waals surface area contributed by atoms with E-state index in [1.165, 1.54) is 0 Å². The van der Waals surface area contributed by atoms with Crippen LogP contribution in [0.25, 0.3) is 0 Å². The van der Waals surface area contributed by atoms with Crippen molar-refractivity contribution in [1.29, 1.82) is 0 Å². The molecule has 2 aromatic rings. The van der Waals surface area contributed by atoms with Crippen molar-refractivity contribution in [2.24, 2.45) is 0 Å². The van der Waals surface area contributed by atoms with Gasteiger partial charge in [-0.25, -0.2) is 9.97 Å². The largest absolute Gasteiger partial charge is 0.346 e. The number of aryl methyl sites for hydroxylation is 2. The summed E-state index contributed by atoms with van der Waals surface area (Å²) >= 11 is 6.28. The smallest absolute Gasteiger partial charge is 0.270 e. The van der Waals surface area contributed by atoms with Crippen LogP contribution in [-0.4, -0.2) is 21.4 Å². The van der Waals surface area contributed by atoms with E-state index in [0.717, 1.165) is 16.8 Å². The Morgan fingerprint density at radius 1 is 1.22 bits per heavy atom. The Balaban J connectivity index is 2.26. The Morgan fingerprint density at radius 2 is 1.91 bits per heavy atom. The van der Waals surface area contributed by atoms with Crippen molar-refractivity contribution in [3.63, 3.8) is 0 Å². The van der Waals surface area contributed by atoms with Crippen LogP contribution >= 0.6 is 11.6 Å². The minimum atomic E-state index is -0.327. The van der Waals surface area contributed by atoms with E-state index in [0.29, 0.717) is 16.7 Å². The molecule has 2 N–H and O–H groups in total. The van der Waals surface area contributed by atoms with Gasteiger partial charge in [-0.15, -0.1) is 0 Å². The molecule has 122 valence electrons. The fourth-order valence-electron chi connectivity index (χ4n) is 2.14. The number of hydrogen-bond acceptors (Lipinski definition) is 4. The molecule has 1 heterocycles. The van der Waals surface area contributed by atoms with Crippen molar-refractivity contribution in [1.82, 2.24) is 15.3 Å². The van der Waals surface area contributed by atoms with Crippen LogP contribution in [-0.2, 0) is 0 Å². The molecule has 5 nitrogen and oxygen atoms in total. The van der Waals surface area contributed by atoms with Crippen LogP contribution in [0.3, 0.4) is 0 Å². The lowest BCUT2D eigenvalue weighted by molar-refractivity contribution is 0.0914. The number of aromatic nitrogens is 2. The third kappa shape index (κ3) is 4.66. The second-order valence-corrected chi connectivity index (χ2v) is 6.94. The maximum Gasteiger partial charge on any atom is 0.270 e. The molecule has 23 heavy (non-hydrogen) atoms. The Hall–Kier alpha value is -2.14. The molecule has 0 bridgehead atoms. The van der Waals surface area contributed by atoms with E-state index in [-0.39, 0.29) is 11.4 Å². The van der Waals surface area contributed by atoms with Crippen LogP contribution in [0.4, 0.5) is 11.6 Å². The van der Waals surface area contributed by atoms with Gasteiger partial charge in [0.1, 0.15) is 5.69 Å². The van der Waals surface area contributed by atoms with Gasteiger partial charge in [-0.05, 0) is 57.9 Å². The molecule has 0 saturated heterocycles. The highest BCUT2D eigenvalue weighted by molar-refractivity contribution is 6.33. The van der Waals surface area contributed by atoms with E-state index in [9.17, 15) is 4.79 Å². The number of halogens is 1. The summed E-state index contributed by atoms with van der Waals surface area (Å²) in [4.78, 5) is 20.6. The van der Waals surface area contributed by atoms with Crippen molar-refractivity contribution in [3.8, 4) is 0 Å². The number of anilines is 2. The van der Waals surface area contributed by atoms with Crippen molar-refractivity contribution in [3.05, 3.63) is 46.2 Å². The molecule has 1 aromatic carbocycles. The van der Waals surface area contributed by atoms with Crippen molar-refractivity contribution < 1.29 is 4.79 Å². The lowest BCUT2D eigenvalue weighted by Gasteiger charge is -2.20. The van der Waals surface area contributed by atoms with Crippen molar-refractivity contribution in [2.45, 2.75) is 40.2 Å². The molecule has 0 spiro atoms. The molecule has 2 rings (SSSR count). The minimum absolute atomic E-state index is 0.241. The summed E-state index contributed by atoms with van der Waals surface area (Å²) in [5.41, 5.74) is 2.79. The van der Waals surface area contributed by atoms with E-state index >= 15 is 0 Å². The van der Waals surface area contributed by atoms with Crippen LogP contribution in [0.2, 0.25) is 5.02 Å². The molecule has 0 atom stereocenters. The fraction of sp³-hybridized carbons (Fsp3) is 0.353. The van der Waals surface area contributed by atoms with Crippen LogP contribution < -0.4 is 10.6 Å². The average Bonchev–Trinajstić information content (AvgIpc) is 2.41. The third-order valence-corrected chi connectivity index (χ3v) is 3.34. The first kappa shape index (κ1) is 17.2. The van der Waals surface area contributed by atoms with E-state index in [1.807, 2.05) is 46.8 Å². The maximum absolute atomic E-state index is 12.2. The molecule has 0 aliphatic rings. The van der Waals surface area contributed by atoms with Gasteiger partial charge in [-0.2, -0.15) is 0 Å². The highest BCUT2D eigenvalue weighted by atomic mass is 35.5. The summed E-state index contributed by atoms with van der Waals surface area (Å²) < 4.78 is 0. The molecule has 1 amide bonds. The predicted octanol–water partition coefficient (Wildman–Crippen LogP) is 4.02. The monoisotopic (exact) mass is 332 g/mol. The molecule has 0 aliphatic heterocycles. The molecule has 1 aromatic heterocycles. The molecule has 0 fully saturated rings. The van der Waals surface area contributed by atoms with Gasteiger partial charge in [0.25, 0.3) is 5.91 Å². The summed E-state index contributed by atoms with van der Waals surface area (Å²) in [6, 6.07) is 5.47. The lowest BCUT2D eigenvalue weighted by Crippen LogP contribution is -2.41. The summed E-state index contributed by atoms with van der Waals surface area (Å²) in [5, 5.41) is 6.56. The number of benzene rings is 1. The zero-order chi connectivity index (χ0) is 17.2. The zero-order valence-corrected chi connectivity index (χ0v) is 14.7. The third-order valence-electron chi connectivity index (χ3n) is 3.05. The zero-order valence-electron chi connectivity index (χ0n) is 14.0. The maximum atomic E-state index is 12.2. The van der Waals surface area contributed by atoms with E-state index in [4.69, 9.17) is 11.6 Å². The van der Waals surface area contributed by atoms with Crippen LogP contribution in [0.15, 0.2) is 24.4 Å². The standard InChI is InChI=1S/C17H21ClN4O/c1-10-8-11(2)14(12(18)9-10)21-16-19-7-6-13(20-16)15(23)22-17(3,4)5/h6-9H,1-5H3,(H,22,23)(H,19,20,21). The molecular formula is C17H21ClN4O. The first-order valence-electron chi connectivity index (χ1n) is 7.35.